The minimum atomic E-state index is -4.99. The van der Waals surface area contributed by atoms with Crippen molar-refractivity contribution in [1.29, 1.82) is 0 Å². The van der Waals surface area contributed by atoms with Crippen LogP contribution in [0, 0.1) is 5.82 Å². The molecule has 9 heteroatoms. The van der Waals surface area contributed by atoms with Crippen LogP contribution in [-0.2, 0) is 4.79 Å². The van der Waals surface area contributed by atoms with Crippen molar-refractivity contribution in [3.63, 3.8) is 0 Å². The standard InChI is InChI=1S/C11H10F4N2O2.ClH/c12-9-6(17-10(18)7-4-5-16-7)2-1-3-8(9)19-11(13,14)15;/h1-3,7,16H,4-5H2,(H,17,18);1H/t7-;/m0./s1. The Morgan fingerprint density at radius 1 is 1.40 bits per heavy atom. The second-order valence-electron chi connectivity index (χ2n) is 3.95. The van der Waals surface area contributed by atoms with Crippen LogP contribution in [0.25, 0.3) is 0 Å². The Morgan fingerprint density at radius 2 is 2.05 bits per heavy atom. The van der Waals surface area contributed by atoms with Gasteiger partial charge in [-0.15, -0.1) is 25.6 Å². The summed E-state index contributed by atoms with van der Waals surface area (Å²) in [6, 6.07) is 2.72. The van der Waals surface area contributed by atoms with Crippen LogP contribution in [0.1, 0.15) is 6.42 Å². The smallest absolute Gasteiger partial charge is 0.403 e. The summed E-state index contributed by atoms with van der Waals surface area (Å²) in [6.45, 7) is 0.678. The van der Waals surface area contributed by atoms with Gasteiger partial charge in [0.2, 0.25) is 5.91 Å². The average Bonchev–Trinajstić information content (AvgIpc) is 2.19. The van der Waals surface area contributed by atoms with Crippen LogP contribution < -0.4 is 15.4 Å². The fraction of sp³-hybridized carbons (Fsp3) is 0.364. The summed E-state index contributed by atoms with van der Waals surface area (Å²) < 4.78 is 53.3. The fourth-order valence-corrected chi connectivity index (χ4v) is 1.54. The number of ether oxygens (including phenoxy) is 1. The molecule has 1 aliphatic rings. The van der Waals surface area contributed by atoms with Crippen molar-refractivity contribution < 1.29 is 27.1 Å². The maximum Gasteiger partial charge on any atom is 0.573 e. The number of benzene rings is 1. The van der Waals surface area contributed by atoms with Gasteiger partial charge in [-0.05, 0) is 25.1 Å². The first-order chi connectivity index (χ1) is 8.87. The molecule has 0 unspecified atom stereocenters. The summed E-state index contributed by atoms with van der Waals surface area (Å²) >= 11 is 0. The van der Waals surface area contributed by atoms with Gasteiger partial charge in [0.05, 0.1) is 11.7 Å². The van der Waals surface area contributed by atoms with Crippen molar-refractivity contribution in [2.24, 2.45) is 0 Å². The maximum absolute atomic E-state index is 13.7. The second-order valence-corrected chi connectivity index (χ2v) is 3.95. The van der Waals surface area contributed by atoms with Gasteiger partial charge in [-0.25, -0.2) is 4.39 Å². The predicted octanol–water partition coefficient (Wildman–Crippen LogP) is 2.45. The van der Waals surface area contributed by atoms with Crippen molar-refractivity contribution in [1.82, 2.24) is 5.32 Å². The summed E-state index contributed by atoms with van der Waals surface area (Å²) in [7, 11) is 0. The van der Waals surface area contributed by atoms with Gasteiger partial charge in [0.1, 0.15) is 0 Å². The molecule has 1 heterocycles. The van der Waals surface area contributed by atoms with Crippen molar-refractivity contribution in [3.8, 4) is 5.75 Å². The molecule has 1 aromatic carbocycles. The van der Waals surface area contributed by atoms with Gasteiger partial charge >= 0.3 is 6.36 Å². The van der Waals surface area contributed by atoms with E-state index in [-0.39, 0.29) is 18.1 Å². The molecule has 0 bridgehead atoms. The molecule has 20 heavy (non-hydrogen) atoms. The predicted molar refractivity (Wildman–Crippen MR) is 65.4 cm³/mol. The largest absolute Gasteiger partial charge is 0.573 e. The highest BCUT2D eigenvalue weighted by molar-refractivity contribution is 5.95. The average molecular weight is 315 g/mol. The lowest BCUT2D eigenvalue weighted by molar-refractivity contribution is -0.275. The summed E-state index contributed by atoms with van der Waals surface area (Å²) in [5.41, 5.74) is -0.347. The van der Waals surface area contributed by atoms with Crippen molar-refractivity contribution in [3.05, 3.63) is 24.0 Å². The van der Waals surface area contributed by atoms with Crippen molar-refractivity contribution in [2.75, 3.05) is 11.9 Å². The molecule has 2 N–H and O–H groups in total. The molecule has 0 radical (unpaired) electrons. The maximum atomic E-state index is 13.7. The molecular weight excluding hydrogens is 304 g/mol. The Bertz CT molecular complexity index is 492. The normalized spacial score (nSPS) is 17.7. The highest BCUT2D eigenvalue weighted by Gasteiger charge is 2.33. The topological polar surface area (TPSA) is 50.4 Å². The summed E-state index contributed by atoms with van der Waals surface area (Å²) in [5, 5.41) is 5.01. The highest BCUT2D eigenvalue weighted by atomic mass is 35.5. The van der Waals surface area contributed by atoms with Gasteiger partial charge in [0, 0.05) is 0 Å². The van der Waals surface area contributed by atoms with E-state index in [4.69, 9.17) is 0 Å². The van der Waals surface area contributed by atoms with Crippen LogP contribution in [0.2, 0.25) is 0 Å². The molecule has 1 fully saturated rings. The zero-order valence-electron chi connectivity index (χ0n) is 9.96. The zero-order valence-corrected chi connectivity index (χ0v) is 10.8. The van der Waals surface area contributed by atoms with E-state index in [0.29, 0.717) is 13.0 Å². The van der Waals surface area contributed by atoms with E-state index in [0.717, 1.165) is 18.2 Å². The van der Waals surface area contributed by atoms with Crippen LogP contribution in [0.4, 0.5) is 23.2 Å². The molecule has 4 nitrogen and oxygen atoms in total. The lowest BCUT2D eigenvalue weighted by atomic mass is 10.1. The molecule has 0 aromatic heterocycles. The molecule has 1 saturated heterocycles. The molecule has 1 aromatic rings. The van der Waals surface area contributed by atoms with Crippen LogP contribution in [-0.4, -0.2) is 24.9 Å². The quantitative estimate of drug-likeness (QED) is 0.843. The Labute approximate surface area is 117 Å². The molecule has 1 aliphatic heterocycles. The van der Waals surface area contributed by atoms with E-state index in [1.165, 1.54) is 0 Å². The van der Waals surface area contributed by atoms with E-state index in [1.807, 2.05) is 0 Å². The first kappa shape index (κ1) is 16.5. The van der Waals surface area contributed by atoms with Gasteiger partial charge in [-0.3, -0.25) is 4.79 Å². The third-order valence-electron chi connectivity index (χ3n) is 2.59. The number of carbonyl (C=O) groups excluding carboxylic acids is 1. The Hall–Kier alpha value is -1.54. The van der Waals surface area contributed by atoms with Gasteiger partial charge in [0.15, 0.2) is 11.6 Å². The van der Waals surface area contributed by atoms with Crippen LogP contribution in [0.15, 0.2) is 18.2 Å². The van der Waals surface area contributed by atoms with Gasteiger partial charge in [-0.1, -0.05) is 6.07 Å². The number of rotatable bonds is 3. The third-order valence-corrected chi connectivity index (χ3v) is 2.59. The molecule has 0 aliphatic carbocycles. The molecular formula is C11H11ClF4N2O2. The van der Waals surface area contributed by atoms with E-state index < -0.39 is 29.9 Å². The number of amides is 1. The van der Waals surface area contributed by atoms with Crippen LogP contribution in [0.3, 0.4) is 0 Å². The number of hydrogen-bond acceptors (Lipinski definition) is 3. The molecule has 0 saturated carbocycles. The fourth-order valence-electron chi connectivity index (χ4n) is 1.54. The molecule has 112 valence electrons. The number of halogens is 5. The summed E-state index contributed by atoms with van der Waals surface area (Å²) in [4.78, 5) is 11.5. The van der Waals surface area contributed by atoms with Crippen molar-refractivity contribution >= 4 is 24.0 Å². The second kappa shape index (κ2) is 6.27. The van der Waals surface area contributed by atoms with Gasteiger partial charge in [0.25, 0.3) is 0 Å². The third kappa shape index (κ3) is 3.97. The lowest BCUT2D eigenvalue weighted by Gasteiger charge is -2.26. The highest BCUT2D eigenvalue weighted by Crippen LogP contribution is 2.29. The number of nitrogens with one attached hydrogen (secondary N) is 2. The molecule has 1 amide bonds. The first-order valence-electron chi connectivity index (χ1n) is 5.45. The Morgan fingerprint density at radius 3 is 2.55 bits per heavy atom. The van der Waals surface area contributed by atoms with Gasteiger partial charge < -0.3 is 15.4 Å². The van der Waals surface area contributed by atoms with Crippen LogP contribution >= 0.6 is 12.4 Å². The number of anilines is 1. The zero-order chi connectivity index (χ0) is 14.0. The van der Waals surface area contributed by atoms with E-state index in [1.54, 1.807) is 0 Å². The van der Waals surface area contributed by atoms with E-state index >= 15 is 0 Å². The minimum Gasteiger partial charge on any atom is -0.403 e. The molecule has 1 atom stereocenters. The van der Waals surface area contributed by atoms with Crippen LogP contribution in [0.5, 0.6) is 5.75 Å². The van der Waals surface area contributed by atoms with Crippen molar-refractivity contribution in [2.45, 2.75) is 18.8 Å². The minimum absolute atomic E-state index is 0. The Balaban J connectivity index is 0.00000200. The van der Waals surface area contributed by atoms with E-state index in [9.17, 15) is 22.4 Å². The summed E-state index contributed by atoms with van der Waals surface area (Å²) in [5.74, 6) is -2.73. The number of hydrogen-bond donors (Lipinski definition) is 2. The SMILES string of the molecule is Cl.O=C(Nc1cccc(OC(F)(F)F)c1F)[C@@H]1CCN1. The number of carbonyl (C=O) groups is 1. The van der Waals surface area contributed by atoms with E-state index in [2.05, 4.69) is 15.4 Å². The summed E-state index contributed by atoms with van der Waals surface area (Å²) in [6.07, 6.45) is -4.38. The Kier molecular flexibility index (Phi) is 5.18. The molecule has 2 rings (SSSR count). The molecule has 0 spiro atoms. The number of alkyl halides is 3. The lowest BCUT2D eigenvalue weighted by Crippen LogP contribution is -2.50. The monoisotopic (exact) mass is 314 g/mol. The van der Waals surface area contributed by atoms with Gasteiger partial charge in [-0.2, -0.15) is 0 Å². The first-order valence-corrected chi connectivity index (χ1v) is 5.45.